The lowest BCUT2D eigenvalue weighted by Gasteiger charge is -2.14. The van der Waals surface area contributed by atoms with Crippen LogP contribution in [0.25, 0.3) is 0 Å². The molecule has 1 aromatic heterocycles. The number of thiazole rings is 1. The van der Waals surface area contributed by atoms with Gasteiger partial charge in [0, 0.05) is 25.0 Å². The zero-order chi connectivity index (χ0) is 15.9. The molecule has 2 aromatic rings. The van der Waals surface area contributed by atoms with E-state index in [0.717, 1.165) is 23.7 Å². The van der Waals surface area contributed by atoms with Gasteiger partial charge in [-0.2, -0.15) is 0 Å². The lowest BCUT2D eigenvalue weighted by Crippen LogP contribution is -2.23. The Bertz CT molecular complexity index is 636. The molecule has 0 spiro atoms. The van der Waals surface area contributed by atoms with Gasteiger partial charge in [-0.05, 0) is 24.7 Å². The van der Waals surface area contributed by atoms with Crippen molar-refractivity contribution in [3.8, 4) is 0 Å². The summed E-state index contributed by atoms with van der Waals surface area (Å²) in [6, 6.07) is 8.27. The van der Waals surface area contributed by atoms with Crippen molar-refractivity contribution in [2.24, 2.45) is 5.73 Å². The van der Waals surface area contributed by atoms with Crippen molar-refractivity contribution in [1.29, 1.82) is 0 Å². The highest BCUT2D eigenvalue weighted by atomic mass is 35.5. The Morgan fingerprint density at radius 3 is 2.67 bits per heavy atom. The second kappa shape index (κ2) is 11.4. The Kier molecular flexibility index (Phi) is 10.8. The predicted octanol–water partition coefficient (Wildman–Crippen LogP) is 2.83. The quantitative estimate of drug-likeness (QED) is 0.762. The molecule has 0 atom stereocenters. The van der Waals surface area contributed by atoms with Crippen LogP contribution in [-0.4, -0.2) is 29.4 Å². The van der Waals surface area contributed by atoms with Crippen LogP contribution in [0.2, 0.25) is 0 Å². The van der Waals surface area contributed by atoms with E-state index in [9.17, 15) is 4.79 Å². The van der Waals surface area contributed by atoms with Crippen LogP contribution in [0.3, 0.4) is 0 Å². The van der Waals surface area contributed by atoms with E-state index in [1.807, 2.05) is 12.1 Å². The molecule has 3 N–H and O–H groups in total. The zero-order valence-electron chi connectivity index (χ0n) is 13.8. The van der Waals surface area contributed by atoms with Gasteiger partial charge in [-0.25, -0.2) is 4.98 Å². The molecule has 0 saturated heterocycles. The first-order valence-corrected chi connectivity index (χ1v) is 8.19. The number of nitrogens with zero attached hydrogens (tertiary/aromatic N) is 2. The summed E-state index contributed by atoms with van der Waals surface area (Å²) in [7, 11) is 2.09. The summed E-state index contributed by atoms with van der Waals surface area (Å²) >= 11 is 1.41. The fourth-order valence-corrected chi connectivity index (χ4v) is 2.70. The van der Waals surface area contributed by atoms with E-state index in [2.05, 4.69) is 41.3 Å². The van der Waals surface area contributed by atoms with Gasteiger partial charge < -0.3 is 16.0 Å². The molecule has 8 heteroatoms. The highest BCUT2D eigenvalue weighted by Crippen LogP contribution is 2.10. The molecule has 2 rings (SSSR count). The average molecular weight is 391 g/mol. The summed E-state index contributed by atoms with van der Waals surface area (Å²) in [5.41, 5.74) is 8.28. The number of carbonyl (C=O) groups is 1. The lowest BCUT2D eigenvalue weighted by molar-refractivity contribution is 0.0946. The van der Waals surface area contributed by atoms with Crippen LogP contribution in [0.4, 0.5) is 0 Å². The number of aromatic nitrogens is 1. The fraction of sp³-hybridized carbons (Fsp3) is 0.375. The second-order valence-corrected chi connectivity index (χ2v) is 6.11. The molecule has 24 heavy (non-hydrogen) atoms. The summed E-state index contributed by atoms with van der Waals surface area (Å²) in [6.07, 6.45) is 0. The van der Waals surface area contributed by atoms with Crippen LogP contribution < -0.4 is 11.1 Å². The van der Waals surface area contributed by atoms with E-state index in [-0.39, 0.29) is 30.7 Å². The first-order chi connectivity index (χ1) is 10.6. The Labute approximate surface area is 159 Å². The van der Waals surface area contributed by atoms with E-state index in [1.54, 1.807) is 5.38 Å². The minimum absolute atomic E-state index is 0. The van der Waals surface area contributed by atoms with Crippen LogP contribution in [0.1, 0.15) is 33.5 Å². The number of nitrogens with one attached hydrogen (secondary N) is 1. The SMILES string of the molecule is CCN(C)Cc1cccc(CNC(=O)c2csc(CN)n2)c1.Cl.Cl. The summed E-state index contributed by atoms with van der Waals surface area (Å²) in [5.74, 6) is -0.160. The molecule has 0 aliphatic rings. The van der Waals surface area contributed by atoms with Gasteiger partial charge in [0.1, 0.15) is 10.7 Å². The molecular weight excluding hydrogens is 367 g/mol. The molecule has 0 radical (unpaired) electrons. The van der Waals surface area contributed by atoms with Gasteiger partial charge in [0.05, 0.1) is 0 Å². The maximum atomic E-state index is 12.0. The summed E-state index contributed by atoms with van der Waals surface area (Å²) in [6.45, 7) is 4.91. The molecule has 5 nitrogen and oxygen atoms in total. The zero-order valence-corrected chi connectivity index (χ0v) is 16.3. The van der Waals surface area contributed by atoms with E-state index in [1.165, 1.54) is 16.9 Å². The number of nitrogens with two attached hydrogens (primary N) is 1. The van der Waals surface area contributed by atoms with Crippen LogP contribution in [0, 0.1) is 0 Å². The van der Waals surface area contributed by atoms with Crippen LogP contribution in [0.15, 0.2) is 29.6 Å². The maximum Gasteiger partial charge on any atom is 0.271 e. The molecule has 0 bridgehead atoms. The van der Waals surface area contributed by atoms with Gasteiger partial charge >= 0.3 is 0 Å². The largest absolute Gasteiger partial charge is 0.347 e. The van der Waals surface area contributed by atoms with Gasteiger partial charge in [-0.15, -0.1) is 36.2 Å². The summed E-state index contributed by atoms with van der Waals surface area (Å²) in [4.78, 5) is 18.5. The molecule has 1 heterocycles. The maximum absolute atomic E-state index is 12.0. The molecule has 0 aliphatic heterocycles. The topological polar surface area (TPSA) is 71.2 Å². The van der Waals surface area contributed by atoms with E-state index >= 15 is 0 Å². The van der Waals surface area contributed by atoms with Crippen LogP contribution in [-0.2, 0) is 19.6 Å². The monoisotopic (exact) mass is 390 g/mol. The van der Waals surface area contributed by atoms with Crippen molar-refractivity contribution in [2.75, 3.05) is 13.6 Å². The Morgan fingerprint density at radius 1 is 1.33 bits per heavy atom. The van der Waals surface area contributed by atoms with E-state index in [0.29, 0.717) is 18.8 Å². The molecular formula is C16H24Cl2N4OS. The highest BCUT2D eigenvalue weighted by Gasteiger charge is 2.10. The molecule has 0 fully saturated rings. The van der Waals surface area contributed by atoms with Crippen LogP contribution >= 0.6 is 36.2 Å². The van der Waals surface area contributed by atoms with Gasteiger partial charge in [0.2, 0.25) is 0 Å². The number of hydrogen-bond acceptors (Lipinski definition) is 5. The molecule has 0 aliphatic carbocycles. The van der Waals surface area contributed by atoms with Gasteiger partial charge in [-0.1, -0.05) is 31.2 Å². The molecule has 0 saturated carbocycles. The van der Waals surface area contributed by atoms with Crippen LogP contribution in [0.5, 0.6) is 0 Å². The normalized spacial score (nSPS) is 10.0. The standard InChI is InChI=1S/C16H22N4OS.2ClH/c1-3-20(2)10-13-6-4-5-12(7-13)9-18-16(21)14-11-22-15(8-17)19-14;;/h4-7,11H,3,8-10,17H2,1-2H3,(H,18,21);2*1H. The van der Waals surface area contributed by atoms with Crippen molar-refractivity contribution in [2.45, 2.75) is 26.6 Å². The molecule has 134 valence electrons. The lowest BCUT2D eigenvalue weighted by atomic mass is 10.1. The second-order valence-electron chi connectivity index (χ2n) is 5.16. The van der Waals surface area contributed by atoms with Crippen molar-refractivity contribution < 1.29 is 4.79 Å². The fourth-order valence-electron chi connectivity index (χ4n) is 2.04. The minimum atomic E-state index is -0.160. The third-order valence-electron chi connectivity index (χ3n) is 3.40. The molecule has 1 aromatic carbocycles. The smallest absolute Gasteiger partial charge is 0.271 e. The Balaban J connectivity index is 0.00000264. The van der Waals surface area contributed by atoms with Crippen molar-refractivity contribution in [1.82, 2.24) is 15.2 Å². The number of rotatable bonds is 7. The number of halogens is 2. The molecule has 0 unspecified atom stereocenters. The number of hydrogen-bond donors (Lipinski definition) is 2. The van der Waals surface area contributed by atoms with Gasteiger partial charge in [0.15, 0.2) is 0 Å². The Hall–Kier alpha value is -1.18. The van der Waals surface area contributed by atoms with Crippen molar-refractivity contribution in [3.05, 3.63) is 51.5 Å². The van der Waals surface area contributed by atoms with Gasteiger partial charge in [0.25, 0.3) is 5.91 Å². The van der Waals surface area contributed by atoms with Gasteiger partial charge in [-0.3, -0.25) is 4.79 Å². The summed E-state index contributed by atoms with van der Waals surface area (Å²) < 4.78 is 0. The first-order valence-electron chi connectivity index (χ1n) is 7.31. The first kappa shape index (κ1) is 22.8. The Morgan fingerprint density at radius 2 is 2.04 bits per heavy atom. The average Bonchev–Trinajstić information content (AvgIpc) is 3.02. The number of benzene rings is 1. The van der Waals surface area contributed by atoms with E-state index in [4.69, 9.17) is 5.73 Å². The highest BCUT2D eigenvalue weighted by molar-refractivity contribution is 7.09. The van der Waals surface area contributed by atoms with E-state index < -0.39 is 0 Å². The predicted molar refractivity (Wildman–Crippen MR) is 104 cm³/mol. The summed E-state index contributed by atoms with van der Waals surface area (Å²) in [5, 5.41) is 5.41. The third kappa shape index (κ3) is 6.75. The minimum Gasteiger partial charge on any atom is -0.347 e. The third-order valence-corrected chi connectivity index (χ3v) is 4.27. The van der Waals surface area contributed by atoms with Crippen molar-refractivity contribution >= 4 is 42.1 Å². The number of carbonyl (C=O) groups excluding carboxylic acids is 1. The number of amides is 1. The molecule has 1 amide bonds. The van der Waals surface area contributed by atoms with Crippen molar-refractivity contribution in [3.63, 3.8) is 0 Å².